The average Bonchev–Trinajstić information content (AvgIpc) is 2.90. The summed E-state index contributed by atoms with van der Waals surface area (Å²) in [7, 11) is 0. The Hall–Kier alpha value is -2.45. The average molecular weight is 401 g/mol. The number of halogens is 1. The molecule has 2 unspecified atom stereocenters. The Kier molecular flexibility index (Phi) is 3.71. The van der Waals surface area contributed by atoms with Crippen molar-refractivity contribution < 1.29 is 19.0 Å². The number of rotatable bonds is 2. The molecule has 3 atom stereocenters. The fourth-order valence-corrected chi connectivity index (χ4v) is 5.48. The second-order valence-electron chi connectivity index (χ2n) is 8.98. The van der Waals surface area contributed by atoms with Gasteiger partial charge in [-0.05, 0) is 32.8 Å². The molecule has 1 spiro atoms. The van der Waals surface area contributed by atoms with Crippen LogP contribution in [0.5, 0.6) is 5.75 Å². The molecule has 2 aromatic rings. The lowest BCUT2D eigenvalue weighted by molar-refractivity contribution is 0.0440. The van der Waals surface area contributed by atoms with Gasteiger partial charge >= 0.3 is 5.97 Å². The van der Waals surface area contributed by atoms with Gasteiger partial charge in [0.05, 0.1) is 16.9 Å². The van der Waals surface area contributed by atoms with Crippen molar-refractivity contribution in [3.05, 3.63) is 39.4 Å². The summed E-state index contributed by atoms with van der Waals surface area (Å²) in [6, 6.07) is 0.666. The number of aromatic nitrogens is 1. The van der Waals surface area contributed by atoms with Crippen molar-refractivity contribution in [1.82, 2.24) is 9.88 Å². The topological polar surface area (TPSA) is 107 Å². The summed E-state index contributed by atoms with van der Waals surface area (Å²) in [6.45, 7) is 4.71. The highest BCUT2D eigenvalue weighted by Gasteiger charge is 2.60. The summed E-state index contributed by atoms with van der Waals surface area (Å²) >= 11 is 0. The molecule has 29 heavy (non-hydrogen) atoms. The first kappa shape index (κ1) is 18.6. The second kappa shape index (κ2) is 5.79. The molecule has 4 N–H and O–H groups in total. The van der Waals surface area contributed by atoms with Gasteiger partial charge in [-0.1, -0.05) is 6.42 Å². The van der Waals surface area contributed by atoms with Crippen LogP contribution in [0.15, 0.2) is 17.1 Å². The first-order valence-corrected chi connectivity index (χ1v) is 9.97. The fourth-order valence-electron chi connectivity index (χ4n) is 5.48. The summed E-state index contributed by atoms with van der Waals surface area (Å²) in [5.41, 5.74) is 5.64. The summed E-state index contributed by atoms with van der Waals surface area (Å²) in [5, 5.41) is 12.9. The van der Waals surface area contributed by atoms with Gasteiger partial charge < -0.3 is 25.5 Å². The van der Waals surface area contributed by atoms with Crippen molar-refractivity contribution in [2.24, 2.45) is 11.1 Å². The van der Waals surface area contributed by atoms with E-state index in [-0.39, 0.29) is 35.1 Å². The molecule has 2 fully saturated rings. The van der Waals surface area contributed by atoms with Gasteiger partial charge in [-0.25, -0.2) is 9.18 Å². The Balaban J connectivity index is 1.82. The Labute approximate surface area is 166 Å². The molecule has 0 bridgehead atoms. The van der Waals surface area contributed by atoms with Crippen LogP contribution >= 0.6 is 0 Å². The minimum atomic E-state index is -1.32. The van der Waals surface area contributed by atoms with Gasteiger partial charge in [0, 0.05) is 35.3 Å². The summed E-state index contributed by atoms with van der Waals surface area (Å²) in [6.07, 6.45) is 4.19. The molecule has 7 nitrogen and oxygen atoms in total. The first-order valence-electron chi connectivity index (χ1n) is 9.97. The zero-order chi connectivity index (χ0) is 20.7. The first-order chi connectivity index (χ1) is 13.7. The van der Waals surface area contributed by atoms with Crippen molar-refractivity contribution >= 4 is 16.9 Å². The molecular formula is C21H24FN3O4. The molecule has 0 radical (unpaired) electrons. The predicted molar refractivity (Wildman–Crippen MR) is 105 cm³/mol. The summed E-state index contributed by atoms with van der Waals surface area (Å²) in [4.78, 5) is 24.3. The van der Waals surface area contributed by atoms with Crippen LogP contribution in [0.3, 0.4) is 0 Å². The van der Waals surface area contributed by atoms with E-state index in [2.05, 4.69) is 5.32 Å². The van der Waals surface area contributed by atoms with Crippen LogP contribution in [0.25, 0.3) is 10.9 Å². The van der Waals surface area contributed by atoms with Gasteiger partial charge in [-0.3, -0.25) is 4.79 Å². The monoisotopic (exact) mass is 401 g/mol. The van der Waals surface area contributed by atoms with Crippen molar-refractivity contribution in [2.45, 2.75) is 50.7 Å². The lowest BCUT2D eigenvalue weighted by atomic mass is 9.55. The highest BCUT2D eigenvalue weighted by molar-refractivity contribution is 5.95. The number of ether oxygens (including phenoxy) is 1. The molecule has 1 aromatic carbocycles. The van der Waals surface area contributed by atoms with E-state index in [4.69, 9.17) is 10.5 Å². The van der Waals surface area contributed by atoms with E-state index in [1.807, 2.05) is 13.8 Å². The normalized spacial score (nSPS) is 29.7. The molecule has 154 valence electrons. The number of hydrogen-bond acceptors (Lipinski definition) is 5. The number of nitrogens with zero attached hydrogens (tertiary/aromatic N) is 1. The number of nitrogens with two attached hydrogens (primary N) is 1. The van der Waals surface area contributed by atoms with Crippen molar-refractivity contribution in [2.75, 3.05) is 13.2 Å². The van der Waals surface area contributed by atoms with Gasteiger partial charge in [0.2, 0.25) is 5.43 Å². The third-order valence-corrected chi connectivity index (χ3v) is 7.33. The van der Waals surface area contributed by atoms with Gasteiger partial charge in [0.15, 0.2) is 5.75 Å². The van der Waals surface area contributed by atoms with Crippen LogP contribution in [-0.4, -0.2) is 34.3 Å². The Bertz CT molecular complexity index is 1120. The lowest BCUT2D eigenvalue weighted by Gasteiger charge is -2.51. The van der Waals surface area contributed by atoms with E-state index in [0.717, 1.165) is 19.3 Å². The van der Waals surface area contributed by atoms with Crippen LogP contribution < -0.4 is 21.2 Å². The van der Waals surface area contributed by atoms with Gasteiger partial charge in [0.1, 0.15) is 18.0 Å². The molecule has 3 aliphatic rings. The minimum Gasteiger partial charge on any atom is -0.489 e. The molecule has 1 saturated heterocycles. The third kappa shape index (κ3) is 2.24. The number of benzene rings is 1. The molecule has 8 heteroatoms. The Morgan fingerprint density at radius 2 is 2.17 bits per heavy atom. The molecule has 2 aliphatic heterocycles. The Morgan fingerprint density at radius 1 is 1.45 bits per heavy atom. The molecule has 5 rings (SSSR count). The smallest absolute Gasteiger partial charge is 0.341 e. The zero-order valence-electron chi connectivity index (χ0n) is 16.4. The predicted octanol–water partition coefficient (Wildman–Crippen LogP) is 2.32. The maximum atomic E-state index is 15.5. The number of carboxylic acid groups (broad SMARTS) is 1. The molecule has 1 aliphatic carbocycles. The number of carboxylic acids is 1. The van der Waals surface area contributed by atoms with E-state index in [9.17, 15) is 14.7 Å². The second-order valence-corrected chi connectivity index (χ2v) is 8.98. The van der Waals surface area contributed by atoms with Crippen LogP contribution in [0.4, 0.5) is 4.39 Å². The number of nitrogens with one attached hydrogen (secondary N) is 1. The van der Waals surface area contributed by atoms with Gasteiger partial charge in [0.25, 0.3) is 0 Å². The summed E-state index contributed by atoms with van der Waals surface area (Å²) < 4.78 is 23.2. The number of pyridine rings is 1. The molecular weight excluding hydrogens is 377 g/mol. The highest BCUT2D eigenvalue weighted by atomic mass is 19.1. The minimum absolute atomic E-state index is 0.0314. The lowest BCUT2D eigenvalue weighted by Crippen LogP contribution is -2.56. The van der Waals surface area contributed by atoms with E-state index in [0.29, 0.717) is 23.4 Å². The highest BCUT2D eigenvalue weighted by Crippen LogP contribution is 2.61. The molecule has 3 heterocycles. The Morgan fingerprint density at radius 3 is 2.79 bits per heavy atom. The maximum Gasteiger partial charge on any atom is 0.341 e. The SMILES string of the molecule is C[C@H]1COc2c(C3NCC(C)(N)C34CCC4)c(F)cc3c(=O)c(C(=O)O)cn1c23. The fraction of sp³-hybridized carbons (Fsp3) is 0.524. The van der Waals surface area contributed by atoms with E-state index >= 15 is 4.39 Å². The number of aromatic carboxylic acids is 1. The van der Waals surface area contributed by atoms with Crippen LogP contribution in [0, 0.1) is 11.2 Å². The van der Waals surface area contributed by atoms with Crippen molar-refractivity contribution in [3.8, 4) is 5.75 Å². The third-order valence-electron chi connectivity index (χ3n) is 7.33. The van der Waals surface area contributed by atoms with E-state index in [1.54, 1.807) is 4.57 Å². The molecule has 1 saturated carbocycles. The van der Waals surface area contributed by atoms with E-state index in [1.165, 1.54) is 12.3 Å². The van der Waals surface area contributed by atoms with Crippen LogP contribution in [-0.2, 0) is 0 Å². The van der Waals surface area contributed by atoms with Crippen LogP contribution in [0.1, 0.15) is 61.1 Å². The zero-order valence-corrected chi connectivity index (χ0v) is 16.4. The number of carbonyl (C=O) groups is 1. The van der Waals surface area contributed by atoms with Crippen molar-refractivity contribution in [1.29, 1.82) is 0 Å². The van der Waals surface area contributed by atoms with Crippen molar-refractivity contribution in [3.63, 3.8) is 0 Å². The molecule has 1 aromatic heterocycles. The molecule has 0 amide bonds. The number of hydrogen-bond donors (Lipinski definition) is 3. The van der Waals surface area contributed by atoms with Gasteiger partial charge in [-0.15, -0.1) is 0 Å². The van der Waals surface area contributed by atoms with E-state index < -0.39 is 22.8 Å². The standard InChI is InChI=1S/C21H24FN3O4/c1-10-8-29-17-14(18-21(4-3-5-21)20(2,23)9-24-18)13(22)6-11-15(17)25(10)7-12(16(11)26)19(27)28/h6-7,10,18,24H,3-5,8-9,23H2,1-2H3,(H,27,28)/t10-,18?,20?/m0/s1. The summed E-state index contributed by atoms with van der Waals surface area (Å²) in [5.74, 6) is -1.56. The van der Waals surface area contributed by atoms with Gasteiger partial charge in [-0.2, -0.15) is 0 Å². The largest absolute Gasteiger partial charge is 0.489 e. The quantitative estimate of drug-likeness (QED) is 0.713. The van der Waals surface area contributed by atoms with Crippen LogP contribution in [0.2, 0.25) is 0 Å². The maximum absolute atomic E-state index is 15.5.